The number of Topliss-reactive ketones (excluding diaryl/α,β-unsaturated/α-hetero) is 1. The van der Waals surface area contributed by atoms with Crippen LogP contribution in [0.4, 0.5) is 5.69 Å². The van der Waals surface area contributed by atoms with Crippen molar-refractivity contribution in [2.24, 2.45) is 0 Å². The van der Waals surface area contributed by atoms with Crippen LogP contribution in [-0.4, -0.2) is 16.8 Å². The van der Waals surface area contributed by atoms with Crippen LogP contribution in [0.25, 0.3) is 0 Å². The highest BCUT2D eigenvalue weighted by molar-refractivity contribution is 6.52. The van der Waals surface area contributed by atoms with Gasteiger partial charge in [-0.3, -0.25) is 9.59 Å². The Balaban J connectivity index is 1.99. The quantitative estimate of drug-likeness (QED) is 0.864. The van der Waals surface area contributed by atoms with E-state index < -0.39 is 11.7 Å². The number of nitrogens with zero attached hydrogens (tertiary/aromatic N) is 1. The second-order valence-corrected chi connectivity index (χ2v) is 4.99. The van der Waals surface area contributed by atoms with Gasteiger partial charge in [0.05, 0.1) is 17.8 Å². The van der Waals surface area contributed by atoms with Gasteiger partial charge in [-0.05, 0) is 35.9 Å². The summed E-state index contributed by atoms with van der Waals surface area (Å²) >= 11 is 5.85. The van der Waals surface area contributed by atoms with Crippen LogP contribution in [0.5, 0.6) is 5.75 Å². The van der Waals surface area contributed by atoms with E-state index in [2.05, 4.69) is 0 Å². The number of carbonyl (C=O) groups excluding carboxylic acids is 2. The molecule has 1 aliphatic rings. The molecule has 0 saturated carbocycles. The van der Waals surface area contributed by atoms with Crippen molar-refractivity contribution in [3.63, 3.8) is 0 Å². The molecule has 5 heteroatoms. The summed E-state index contributed by atoms with van der Waals surface area (Å²) in [6, 6.07) is 11.4. The van der Waals surface area contributed by atoms with Crippen molar-refractivity contribution in [2.75, 3.05) is 4.90 Å². The zero-order valence-electron chi connectivity index (χ0n) is 10.3. The van der Waals surface area contributed by atoms with Crippen LogP contribution < -0.4 is 4.90 Å². The minimum Gasteiger partial charge on any atom is -0.508 e. The molecule has 0 unspecified atom stereocenters. The monoisotopic (exact) mass is 287 g/mol. The molecule has 2 aromatic rings. The Morgan fingerprint density at radius 3 is 2.65 bits per heavy atom. The lowest BCUT2D eigenvalue weighted by Crippen LogP contribution is -2.29. The molecular weight excluding hydrogens is 278 g/mol. The Hall–Kier alpha value is -2.33. The molecule has 0 fully saturated rings. The summed E-state index contributed by atoms with van der Waals surface area (Å²) in [6.45, 7) is 0.230. The first-order chi connectivity index (χ1) is 9.56. The summed E-state index contributed by atoms with van der Waals surface area (Å²) in [5.41, 5.74) is 1.62. The number of aromatic hydroxyl groups is 1. The molecule has 1 N–H and O–H groups in total. The fourth-order valence-corrected chi connectivity index (χ4v) is 2.44. The number of phenolic OH excluding ortho intramolecular Hbond substituents is 1. The number of carbonyl (C=O) groups is 2. The van der Waals surface area contributed by atoms with Gasteiger partial charge in [0.2, 0.25) is 0 Å². The molecule has 0 spiro atoms. The smallest absolute Gasteiger partial charge is 0.299 e. The van der Waals surface area contributed by atoms with E-state index in [4.69, 9.17) is 11.6 Å². The second-order valence-electron chi connectivity index (χ2n) is 4.55. The summed E-state index contributed by atoms with van der Waals surface area (Å²) < 4.78 is 0. The third-order valence-electron chi connectivity index (χ3n) is 3.18. The fourth-order valence-electron chi connectivity index (χ4n) is 2.27. The SMILES string of the molecule is O=C1C(=O)N(Cc2cccc(O)c2)c2ccc(Cl)cc21. The normalized spacial score (nSPS) is 13.8. The van der Waals surface area contributed by atoms with Crippen LogP contribution in [0.2, 0.25) is 5.02 Å². The highest BCUT2D eigenvalue weighted by Crippen LogP contribution is 2.32. The maximum absolute atomic E-state index is 12.0. The number of halogens is 1. The van der Waals surface area contributed by atoms with Crippen molar-refractivity contribution in [1.29, 1.82) is 0 Å². The lowest BCUT2D eigenvalue weighted by atomic mass is 10.1. The van der Waals surface area contributed by atoms with E-state index in [1.165, 1.54) is 11.0 Å². The molecule has 0 radical (unpaired) electrons. The van der Waals surface area contributed by atoms with Crippen LogP contribution in [0.15, 0.2) is 42.5 Å². The number of fused-ring (bicyclic) bond motifs is 1. The number of rotatable bonds is 2. The van der Waals surface area contributed by atoms with Gasteiger partial charge in [-0.25, -0.2) is 0 Å². The predicted octanol–water partition coefficient (Wildman–Crippen LogP) is 2.78. The molecule has 0 bridgehead atoms. The molecule has 4 nitrogen and oxygen atoms in total. The van der Waals surface area contributed by atoms with Crippen LogP contribution in [0.1, 0.15) is 15.9 Å². The van der Waals surface area contributed by atoms with E-state index in [1.54, 1.807) is 36.4 Å². The fraction of sp³-hybridized carbons (Fsp3) is 0.0667. The van der Waals surface area contributed by atoms with Crippen molar-refractivity contribution >= 4 is 29.0 Å². The first-order valence-corrected chi connectivity index (χ1v) is 6.38. The number of hydrogen-bond acceptors (Lipinski definition) is 3. The second kappa shape index (κ2) is 4.65. The molecule has 0 atom stereocenters. The highest BCUT2D eigenvalue weighted by atomic mass is 35.5. The number of phenols is 1. The van der Waals surface area contributed by atoms with Crippen LogP contribution in [0.3, 0.4) is 0 Å². The third kappa shape index (κ3) is 2.04. The predicted molar refractivity (Wildman–Crippen MR) is 75.1 cm³/mol. The number of hydrogen-bond donors (Lipinski definition) is 1. The van der Waals surface area contributed by atoms with Crippen molar-refractivity contribution < 1.29 is 14.7 Å². The van der Waals surface area contributed by atoms with Crippen molar-refractivity contribution in [3.8, 4) is 5.75 Å². The lowest BCUT2D eigenvalue weighted by molar-refractivity contribution is -0.114. The third-order valence-corrected chi connectivity index (χ3v) is 3.42. The average molecular weight is 288 g/mol. The number of amides is 1. The molecule has 0 saturated heterocycles. The van der Waals surface area contributed by atoms with Crippen molar-refractivity contribution in [1.82, 2.24) is 0 Å². The number of ketones is 1. The Morgan fingerprint density at radius 2 is 1.90 bits per heavy atom. The Kier molecular flexibility index (Phi) is 2.95. The first-order valence-electron chi connectivity index (χ1n) is 6.00. The van der Waals surface area contributed by atoms with Gasteiger partial charge in [0, 0.05) is 5.02 Å². The van der Waals surface area contributed by atoms with E-state index in [1.807, 2.05) is 0 Å². The molecule has 0 aromatic heterocycles. The highest BCUT2D eigenvalue weighted by Gasteiger charge is 2.35. The zero-order chi connectivity index (χ0) is 14.3. The lowest BCUT2D eigenvalue weighted by Gasteiger charge is -2.16. The van der Waals surface area contributed by atoms with Crippen molar-refractivity contribution in [2.45, 2.75) is 6.54 Å². The van der Waals surface area contributed by atoms with Gasteiger partial charge in [-0.15, -0.1) is 0 Å². The summed E-state index contributed by atoms with van der Waals surface area (Å²) in [7, 11) is 0. The van der Waals surface area contributed by atoms with Crippen LogP contribution in [0, 0.1) is 0 Å². The van der Waals surface area contributed by atoms with Gasteiger partial charge in [-0.2, -0.15) is 0 Å². The molecule has 2 aromatic carbocycles. The van der Waals surface area contributed by atoms with E-state index >= 15 is 0 Å². The Labute approximate surface area is 120 Å². The summed E-state index contributed by atoms with van der Waals surface area (Å²) in [4.78, 5) is 25.3. The minimum atomic E-state index is -0.578. The average Bonchev–Trinajstić information content (AvgIpc) is 2.64. The zero-order valence-corrected chi connectivity index (χ0v) is 11.1. The van der Waals surface area contributed by atoms with Gasteiger partial charge >= 0.3 is 0 Å². The van der Waals surface area contributed by atoms with E-state index in [-0.39, 0.29) is 12.3 Å². The Bertz CT molecular complexity index is 727. The maximum atomic E-state index is 12.0. The van der Waals surface area contributed by atoms with Crippen LogP contribution in [-0.2, 0) is 11.3 Å². The minimum absolute atomic E-state index is 0.122. The van der Waals surface area contributed by atoms with Gasteiger partial charge in [0.25, 0.3) is 11.7 Å². The van der Waals surface area contributed by atoms with Gasteiger partial charge < -0.3 is 10.0 Å². The molecule has 20 heavy (non-hydrogen) atoms. The Morgan fingerprint density at radius 1 is 1.10 bits per heavy atom. The largest absolute Gasteiger partial charge is 0.508 e. The molecular formula is C15H10ClNO3. The molecule has 0 aliphatic carbocycles. The topological polar surface area (TPSA) is 57.6 Å². The number of anilines is 1. The van der Waals surface area contributed by atoms with Gasteiger partial charge in [0.1, 0.15) is 5.75 Å². The first kappa shape index (κ1) is 12.7. The standard InChI is InChI=1S/C15H10ClNO3/c16-10-4-5-13-12(7-10)14(19)15(20)17(13)8-9-2-1-3-11(18)6-9/h1-7,18H,8H2. The summed E-state index contributed by atoms with van der Waals surface area (Å²) in [5, 5.41) is 9.87. The van der Waals surface area contributed by atoms with Gasteiger partial charge in [-0.1, -0.05) is 23.7 Å². The number of benzene rings is 2. The van der Waals surface area contributed by atoms with E-state index in [0.717, 1.165) is 5.56 Å². The van der Waals surface area contributed by atoms with Gasteiger partial charge in [0.15, 0.2) is 0 Å². The molecule has 3 rings (SSSR count). The van der Waals surface area contributed by atoms with E-state index in [9.17, 15) is 14.7 Å². The maximum Gasteiger partial charge on any atom is 0.299 e. The summed E-state index contributed by atoms with van der Waals surface area (Å²) in [5.74, 6) is -1.01. The summed E-state index contributed by atoms with van der Waals surface area (Å²) in [6.07, 6.45) is 0. The van der Waals surface area contributed by atoms with Crippen LogP contribution >= 0.6 is 11.6 Å². The van der Waals surface area contributed by atoms with Crippen molar-refractivity contribution in [3.05, 3.63) is 58.6 Å². The molecule has 100 valence electrons. The molecule has 1 aliphatic heterocycles. The molecule has 1 amide bonds. The van der Waals surface area contributed by atoms with E-state index in [0.29, 0.717) is 16.3 Å². The molecule has 1 heterocycles.